The molecule has 0 saturated carbocycles. The third-order valence-electron chi connectivity index (χ3n) is 14.2. The number of allylic oxidation sites excluding steroid dienone is 1. The molecule has 9 aromatic carbocycles. The van der Waals surface area contributed by atoms with Gasteiger partial charge in [0, 0.05) is 22.2 Å². The number of aryl methyl sites for hydroxylation is 1. The van der Waals surface area contributed by atoms with E-state index in [1.165, 1.54) is 99.9 Å². The Kier molecular flexibility index (Phi) is 8.09. The molecule has 2 aliphatic heterocycles. The Morgan fingerprint density at radius 2 is 0.823 bits per heavy atom. The molecule has 0 atom stereocenters. The fourth-order valence-electron chi connectivity index (χ4n) is 11.2. The van der Waals surface area contributed by atoms with E-state index in [2.05, 4.69) is 232 Å². The molecular weight excluding hydrogens is 749 g/mol. The van der Waals surface area contributed by atoms with Gasteiger partial charge in [-0.15, -0.1) is 0 Å². The first kappa shape index (κ1) is 36.7. The van der Waals surface area contributed by atoms with E-state index in [0.717, 1.165) is 24.2 Å². The van der Waals surface area contributed by atoms with Crippen LogP contribution in [0.5, 0.6) is 0 Å². The van der Waals surface area contributed by atoms with Crippen LogP contribution < -0.4 is 9.80 Å². The van der Waals surface area contributed by atoms with E-state index in [0.29, 0.717) is 0 Å². The Balaban J connectivity index is 1.18. The summed E-state index contributed by atoms with van der Waals surface area (Å²) in [4.78, 5) is 4.99. The van der Waals surface area contributed by atoms with Crippen LogP contribution in [0.1, 0.15) is 67.5 Å². The molecule has 298 valence electrons. The van der Waals surface area contributed by atoms with Crippen molar-refractivity contribution in [1.29, 1.82) is 0 Å². The van der Waals surface area contributed by atoms with E-state index >= 15 is 0 Å². The lowest BCUT2D eigenvalue weighted by Crippen LogP contribution is -2.30. The first-order chi connectivity index (χ1) is 30.3. The van der Waals surface area contributed by atoms with Gasteiger partial charge >= 0.3 is 0 Å². The highest BCUT2D eigenvalue weighted by atomic mass is 15.2. The number of benzene rings is 9. The smallest absolute Gasteiger partial charge is 0.0502 e. The SMILES string of the molecule is CC1(C)c2ccccc2N(c2ccc3c(-c4ccc5c(c4)CCC=C5)c4cc(N5c6ccccc6C(C)(C)c6ccccc65)ccc4c(-c4ccccc4)c3c2)c2ccccc21. The topological polar surface area (TPSA) is 6.48 Å². The summed E-state index contributed by atoms with van der Waals surface area (Å²) in [6.07, 6.45) is 6.72. The van der Waals surface area contributed by atoms with E-state index in [9.17, 15) is 0 Å². The van der Waals surface area contributed by atoms with Crippen LogP contribution in [0.25, 0.3) is 49.9 Å². The average molecular weight is 797 g/mol. The van der Waals surface area contributed by atoms with Gasteiger partial charge in [-0.1, -0.05) is 173 Å². The molecule has 2 nitrogen and oxygen atoms in total. The molecule has 2 heteroatoms. The first-order valence-electron chi connectivity index (χ1n) is 22.2. The number of para-hydroxylation sites is 4. The molecular formula is C60H48N2. The summed E-state index contributed by atoms with van der Waals surface area (Å²) in [5, 5.41) is 5.00. The van der Waals surface area contributed by atoms with Gasteiger partial charge in [0.1, 0.15) is 0 Å². The lowest BCUT2D eigenvalue weighted by Gasteiger charge is -2.42. The molecule has 12 rings (SSSR count). The molecule has 0 N–H and O–H groups in total. The number of rotatable bonds is 4. The second-order valence-corrected chi connectivity index (χ2v) is 18.4. The molecule has 0 unspecified atom stereocenters. The Bertz CT molecular complexity index is 3210. The van der Waals surface area contributed by atoms with Crippen LogP contribution >= 0.6 is 0 Å². The largest absolute Gasteiger partial charge is 0.310 e. The molecule has 9 aromatic rings. The van der Waals surface area contributed by atoms with Crippen LogP contribution in [-0.2, 0) is 17.3 Å². The van der Waals surface area contributed by atoms with Crippen molar-refractivity contribution < 1.29 is 0 Å². The normalized spacial score (nSPS) is 15.4. The van der Waals surface area contributed by atoms with Crippen LogP contribution in [0.3, 0.4) is 0 Å². The summed E-state index contributed by atoms with van der Waals surface area (Å²) in [5.74, 6) is 0. The maximum Gasteiger partial charge on any atom is 0.0502 e. The van der Waals surface area contributed by atoms with Crippen LogP contribution in [0.2, 0.25) is 0 Å². The van der Waals surface area contributed by atoms with E-state index in [4.69, 9.17) is 0 Å². The minimum atomic E-state index is -0.136. The number of hydrogen-bond acceptors (Lipinski definition) is 2. The van der Waals surface area contributed by atoms with E-state index in [-0.39, 0.29) is 10.8 Å². The highest BCUT2D eigenvalue weighted by molar-refractivity contribution is 6.23. The Morgan fingerprint density at radius 3 is 1.31 bits per heavy atom. The van der Waals surface area contributed by atoms with Crippen molar-refractivity contribution in [2.24, 2.45) is 0 Å². The Labute approximate surface area is 365 Å². The summed E-state index contributed by atoms with van der Waals surface area (Å²) in [5.41, 5.74) is 20.1. The summed E-state index contributed by atoms with van der Waals surface area (Å²) < 4.78 is 0. The van der Waals surface area contributed by atoms with Crippen molar-refractivity contribution >= 4 is 61.7 Å². The predicted molar refractivity (Wildman–Crippen MR) is 263 cm³/mol. The molecule has 0 saturated heterocycles. The second-order valence-electron chi connectivity index (χ2n) is 18.4. The second kappa shape index (κ2) is 13.7. The van der Waals surface area contributed by atoms with Gasteiger partial charge in [-0.25, -0.2) is 0 Å². The summed E-state index contributed by atoms with van der Waals surface area (Å²) in [6, 6.07) is 68.6. The number of nitrogens with zero attached hydrogens (tertiary/aromatic N) is 2. The lowest BCUT2D eigenvalue weighted by atomic mass is 9.73. The molecule has 0 fully saturated rings. The van der Waals surface area contributed by atoms with Gasteiger partial charge in [0.25, 0.3) is 0 Å². The fraction of sp³-hybridized carbons (Fsp3) is 0.133. The van der Waals surface area contributed by atoms with Crippen LogP contribution in [0, 0.1) is 0 Å². The average Bonchev–Trinajstić information content (AvgIpc) is 3.31. The quantitative estimate of drug-likeness (QED) is 0.164. The van der Waals surface area contributed by atoms with E-state index in [1.807, 2.05) is 0 Å². The van der Waals surface area contributed by atoms with Gasteiger partial charge in [0.05, 0.1) is 22.7 Å². The third-order valence-corrected chi connectivity index (χ3v) is 14.2. The molecule has 3 aliphatic rings. The minimum absolute atomic E-state index is 0.135. The van der Waals surface area contributed by atoms with Crippen molar-refractivity contribution in [3.05, 3.63) is 221 Å². The standard InChI is InChI=1S/C60H48N2/c1-59(2)49-22-10-14-26-53(49)61(54-27-15-11-23-50(54)59)43-33-35-46-47(37-43)57(40-19-6-5-7-20-40)45-34-32-44(38-48(45)58(46)42-31-30-39-18-8-9-21-41(39)36-42)62-55-28-16-12-24-51(55)60(3,4)52-25-13-17-29-56(52)62/h5-8,10-20,22-38H,9,21H2,1-4H3. The molecule has 62 heavy (non-hydrogen) atoms. The Morgan fingerprint density at radius 1 is 0.387 bits per heavy atom. The molecule has 1 aliphatic carbocycles. The van der Waals surface area contributed by atoms with Gasteiger partial charge in [0.15, 0.2) is 0 Å². The maximum absolute atomic E-state index is 2.50. The zero-order chi connectivity index (χ0) is 41.7. The van der Waals surface area contributed by atoms with Crippen LogP contribution in [-0.4, -0.2) is 0 Å². The summed E-state index contributed by atoms with van der Waals surface area (Å²) >= 11 is 0. The van der Waals surface area contributed by atoms with E-state index < -0.39 is 0 Å². The predicted octanol–water partition coefficient (Wildman–Crippen LogP) is 16.5. The highest BCUT2D eigenvalue weighted by Gasteiger charge is 2.38. The van der Waals surface area contributed by atoms with Crippen molar-refractivity contribution in [2.45, 2.75) is 51.4 Å². The maximum atomic E-state index is 2.50. The van der Waals surface area contributed by atoms with Crippen LogP contribution in [0.15, 0.2) is 188 Å². The monoisotopic (exact) mass is 796 g/mol. The molecule has 0 aromatic heterocycles. The highest BCUT2D eigenvalue weighted by Crippen LogP contribution is 2.55. The van der Waals surface area contributed by atoms with Gasteiger partial charge in [-0.3, -0.25) is 0 Å². The van der Waals surface area contributed by atoms with Gasteiger partial charge in [-0.05, 0) is 139 Å². The molecule has 0 radical (unpaired) electrons. The minimum Gasteiger partial charge on any atom is -0.310 e. The zero-order valence-electron chi connectivity index (χ0n) is 35.8. The van der Waals surface area contributed by atoms with Crippen LogP contribution in [0.4, 0.5) is 34.1 Å². The number of hydrogen-bond donors (Lipinski definition) is 0. The van der Waals surface area contributed by atoms with Gasteiger partial charge in [-0.2, -0.15) is 0 Å². The van der Waals surface area contributed by atoms with Crippen molar-refractivity contribution in [2.75, 3.05) is 9.80 Å². The molecule has 2 heterocycles. The summed E-state index contributed by atoms with van der Waals surface area (Å²) in [6.45, 7) is 9.44. The van der Waals surface area contributed by atoms with Crippen molar-refractivity contribution in [1.82, 2.24) is 0 Å². The number of anilines is 6. The van der Waals surface area contributed by atoms with Crippen molar-refractivity contribution in [3.8, 4) is 22.3 Å². The van der Waals surface area contributed by atoms with Gasteiger partial charge in [0.2, 0.25) is 0 Å². The summed E-state index contributed by atoms with van der Waals surface area (Å²) in [7, 11) is 0. The Hall–Kier alpha value is -7.16. The lowest BCUT2D eigenvalue weighted by molar-refractivity contribution is 0.632. The number of fused-ring (bicyclic) bond motifs is 7. The molecule has 0 spiro atoms. The van der Waals surface area contributed by atoms with Gasteiger partial charge < -0.3 is 9.80 Å². The fourth-order valence-corrected chi connectivity index (χ4v) is 11.2. The first-order valence-corrected chi connectivity index (χ1v) is 22.2. The zero-order valence-corrected chi connectivity index (χ0v) is 35.8. The van der Waals surface area contributed by atoms with Crippen molar-refractivity contribution in [3.63, 3.8) is 0 Å². The molecule has 0 amide bonds. The van der Waals surface area contributed by atoms with E-state index in [1.54, 1.807) is 0 Å². The third kappa shape index (κ3) is 5.36. The molecule has 0 bridgehead atoms.